The number of hydrogen-bond donors (Lipinski definition) is 1. The fourth-order valence-corrected chi connectivity index (χ4v) is 4.51. The number of pyridine rings is 2. The first-order valence-corrected chi connectivity index (χ1v) is 11.6. The van der Waals surface area contributed by atoms with Gasteiger partial charge in [-0.15, -0.1) is 0 Å². The van der Waals surface area contributed by atoms with E-state index in [0.717, 1.165) is 50.8 Å². The summed E-state index contributed by atoms with van der Waals surface area (Å²) in [6, 6.07) is 11.9. The second-order valence-electron chi connectivity index (χ2n) is 8.95. The standard InChI is InChI=1S/C28H32N2O4/c1-7-23-21-15-27(34-6)26(33-5)14-20(21)22(28(31)30-23)13-18-11-17-12-19(32-4)8-9-24(17)29-25(18)10-16(2)3/h8-9,11-12,14-16H,7,10,13H2,1-6H3,(H,30,31). The average molecular weight is 461 g/mol. The lowest BCUT2D eigenvalue weighted by molar-refractivity contribution is 0.356. The summed E-state index contributed by atoms with van der Waals surface area (Å²) in [4.78, 5) is 21.4. The molecule has 1 N–H and O–H groups in total. The van der Waals surface area contributed by atoms with Crippen LogP contribution in [0.1, 0.15) is 43.3 Å². The number of nitrogens with zero attached hydrogens (tertiary/aromatic N) is 1. The van der Waals surface area contributed by atoms with Crippen LogP contribution in [0.5, 0.6) is 17.2 Å². The molecule has 178 valence electrons. The Labute approximate surface area is 199 Å². The number of methoxy groups -OCH3 is 3. The van der Waals surface area contributed by atoms with E-state index in [-0.39, 0.29) is 5.56 Å². The maximum atomic E-state index is 13.3. The van der Waals surface area contributed by atoms with Crippen LogP contribution in [0.3, 0.4) is 0 Å². The average Bonchev–Trinajstić information content (AvgIpc) is 2.84. The molecule has 4 rings (SSSR count). The molecule has 34 heavy (non-hydrogen) atoms. The molecular formula is C28H32N2O4. The summed E-state index contributed by atoms with van der Waals surface area (Å²) in [5, 5.41) is 2.84. The van der Waals surface area contributed by atoms with E-state index in [4.69, 9.17) is 19.2 Å². The van der Waals surface area contributed by atoms with E-state index in [1.54, 1.807) is 21.3 Å². The van der Waals surface area contributed by atoms with E-state index in [0.29, 0.717) is 35.8 Å². The van der Waals surface area contributed by atoms with E-state index < -0.39 is 0 Å². The van der Waals surface area contributed by atoms with Crippen molar-refractivity contribution in [1.82, 2.24) is 9.97 Å². The van der Waals surface area contributed by atoms with Gasteiger partial charge in [-0.2, -0.15) is 0 Å². The van der Waals surface area contributed by atoms with Crippen molar-refractivity contribution in [3.63, 3.8) is 0 Å². The predicted molar refractivity (Wildman–Crippen MR) is 137 cm³/mol. The molecule has 0 radical (unpaired) electrons. The molecule has 6 nitrogen and oxygen atoms in total. The number of aromatic nitrogens is 2. The Balaban J connectivity index is 1.95. The zero-order valence-electron chi connectivity index (χ0n) is 20.7. The van der Waals surface area contributed by atoms with Gasteiger partial charge in [0.1, 0.15) is 5.75 Å². The minimum Gasteiger partial charge on any atom is -0.497 e. The predicted octanol–water partition coefficient (Wildman–Crippen LogP) is 5.45. The van der Waals surface area contributed by atoms with Gasteiger partial charge >= 0.3 is 0 Å². The molecule has 0 saturated carbocycles. The molecular weight excluding hydrogens is 428 g/mol. The quantitative estimate of drug-likeness (QED) is 0.378. The first-order chi connectivity index (χ1) is 16.4. The van der Waals surface area contributed by atoms with Gasteiger partial charge in [-0.1, -0.05) is 20.8 Å². The van der Waals surface area contributed by atoms with Crippen LogP contribution in [0.2, 0.25) is 0 Å². The third-order valence-corrected chi connectivity index (χ3v) is 6.23. The summed E-state index contributed by atoms with van der Waals surface area (Å²) in [5.74, 6) is 2.46. The van der Waals surface area contributed by atoms with Gasteiger partial charge in [0.2, 0.25) is 0 Å². The lowest BCUT2D eigenvalue weighted by Crippen LogP contribution is -2.17. The van der Waals surface area contributed by atoms with Crippen molar-refractivity contribution in [3.8, 4) is 17.2 Å². The minimum absolute atomic E-state index is 0.0854. The summed E-state index contributed by atoms with van der Waals surface area (Å²) in [6.07, 6.45) is 2.00. The maximum Gasteiger partial charge on any atom is 0.252 e. The number of H-pyrrole nitrogens is 1. The highest BCUT2D eigenvalue weighted by Crippen LogP contribution is 2.35. The number of rotatable bonds is 8. The summed E-state index contributed by atoms with van der Waals surface area (Å²) in [5.41, 5.74) is 4.47. The number of benzene rings is 2. The zero-order valence-corrected chi connectivity index (χ0v) is 20.7. The Bertz CT molecular complexity index is 1410. The smallest absolute Gasteiger partial charge is 0.252 e. The summed E-state index contributed by atoms with van der Waals surface area (Å²) in [7, 11) is 4.89. The van der Waals surface area contributed by atoms with Gasteiger partial charge in [-0.25, -0.2) is 0 Å². The molecule has 2 aromatic heterocycles. The fourth-order valence-electron chi connectivity index (χ4n) is 4.51. The molecule has 2 aromatic carbocycles. The first-order valence-electron chi connectivity index (χ1n) is 11.6. The topological polar surface area (TPSA) is 73.4 Å². The summed E-state index contributed by atoms with van der Waals surface area (Å²) in [6.45, 7) is 6.39. The van der Waals surface area contributed by atoms with Gasteiger partial charge in [-0.3, -0.25) is 9.78 Å². The Hall–Kier alpha value is -3.54. The van der Waals surface area contributed by atoms with Crippen molar-refractivity contribution < 1.29 is 14.2 Å². The molecule has 4 aromatic rings. The second kappa shape index (κ2) is 9.75. The SMILES string of the molecule is CCc1[nH]c(=O)c(Cc2cc3cc(OC)ccc3nc2CC(C)C)c2cc(OC)c(OC)cc12. The zero-order chi connectivity index (χ0) is 24.4. The normalized spacial score (nSPS) is 11.4. The van der Waals surface area contributed by atoms with Crippen molar-refractivity contribution in [2.45, 2.75) is 40.0 Å². The van der Waals surface area contributed by atoms with Crippen LogP contribution in [-0.2, 0) is 19.3 Å². The molecule has 0 unspecified atom stereocenters. The van der Waals surface area contributed by atoms with Crippen LogP contribution < -0.4 is 19.8 Å². The summed E-state index contributed by atoms with van der Waals surface area (Å²) >= 11 is 0. The van der Waals surface area contributed by atoms with Crippen molar-refractivity contribution in [3.05, 3.63) is 69.3 Å². The molecule has 0 fully saturated rings. The van der Waals surface area contributed by atoms with Gasteiger partial charge < -0.3 is 19.2 Å². The first kappa shape index (κ1) is 23.6. The van der Waals surface area contributed by atoms with Crippen LogP contribution in [0, 0.1) is 5.92 Å². The molecule has 0 bridgehead atoms. The highest BCUT2D eigenvalue weighted by Gasteiger charge is 2.18. The molecule has 0 aliphatic heterocycles. The van der Waals surface area contributed by atoms with Gasteiger partial charge in [0.05, 0.1) is 26.8 Å². The van der Waals surface area contributed by atoms with E-state index in [1.807, 2.05) is 37.3 Å². The molecule has 0 saturated heterocycles. The summed E-state index contributed by atoms with van der Waals surface area (Å²) < 4.78 is 16.5. The number of hydrogen-bond acceptors (Lipinski definition) is 5. The van der Waals surface area contributed by atoms with Gasteiger partial charge in [0.25, 0.3) is 5.56 Å². The monoisotopic (exact) mass is 460 g/mol. The third kappa shape index (κ3) is 4.45. The third-order valence-electron chi connectivity index (χ3n) is 6.23. The molecule has 6 heteroatoms. The highest BCUT2D eigenvalue weighted by atomic mass is 16.5. The Kier molecular flexibility index (Phi) is 6.77. The fraction of sp³-hybridized carbons (Fsp3) is 0.357. The molecule has 0 aliphatic rings. The van der Waals surface area contributed by atoms with E-state index >= 15 is 0 Å². The largest absolute Gasteiger partial charge is 0.497 e. The van der Waals surface area contributed by atoms with Crippen molar-refractivity contribution >= 4 is 21.7 Å². The van der Waals surface area contributed by atoms with Crippen molar-refractivity contribution in [2.24, 2.45) is 5.92 Å². The number of aromatic amines is 1. The lowest BCUT2D eigenvalue weighted by atomic mass is 9.94. The Morgan fingerprint density at radius 3 is 2.26 bits per heavy atom. The maximum absolute atomic E-state index is 13.3. The molecule has 0 spiro atoms. The van der Waals surface area contributed by atoms with E-state index in [2.05, 4.69) is 24.9 Å². The lowest BCUT2D eigenvalue weighted by Gasteiger charge is -2.16. The molecule has 2 heterocycles. The second-order valence-corrected chi connectivity index (χ2v) is 8.95. The van der Waals surface area contributed by atoms with Crippen LogP contribution >= 0.6 is 0 Å². The minimum atomic E-state index is -0.0854. The van der Waals surface area contributed by atoms with Gasteiger partial charge in [-0.05, 0) is 66.1 Å². The van der Waals surface area contributed by atoms with Crippen LogP contribution in [0.15, 0.2) is 41.2 Å². The Morgan fingerprint density at radius 2 is 1.65 bits per heavy atom. The number of nitrogens with one attached hydrogen (secondary N) is 1. The molecule has 0 aliphatic carbocycles. The number of aryl methyl sites for hydroxylation is 1. The molecule has 0 amide bonds. The van der Waals surface area contributed by atoms with Crippen molar-refractivity contribution in [1.29, 1.82) is 0 Å². The molecule has 0 atom stereocenters. The van der Waals surface area contributed by atoms with E-state index in [9.17, 15) is 4.79 Å². The number of fused-ring (bicyclic) bond motifs is 2. The van der Waals surface area contributed by atoms with Crippen LogP contribution in [0.25, 0.3) is 21.7 Å². The van der Waals surface area contributed by atoms with Crippen LogP contribution in [-0.4, -0.2) is 31.3 Å². The van der Waals surface area contributed by atoms with E-state index in [1.165, 1.54) is 0 Å². The highest BCUT2D eigenvalue weighted by molar-refractivity contribution is 5.91. The number of ether oxygens (including phenoxy) is 3. The van der Waals surface area contributed by atoms with Crippen molar-refractivity contribution in [2.75, 3.05) is 21.3 Å². The van der Waals surface area contributed by atoms with Gasteiger partial charge in [0.15, 0.2) is 11.5 Å². The Morgan fingerprint density at radius 1 is 0.941 bits per heavy atom. The van der Waals surface area contributed by atoms with Gasteiger partial charge in [0, 0.05) is 34.1 Å². The van der Waals surface area contributed by atoms with Crippen LogP contribution in [0.4, 0.5) is 0 Å².